The molecule has 2 N–H and O–H groups in total. The zero-order valence-electron chi connectivity index (χ0n) is 10.3. The number of H-pyrrole nitrogens is 1. The second kappa shape index (κ2) is 4.94. The number of aromatic nitrogens is 3. The number of aromatic carboxylic acids is 1. The van der Waals surface area contributed by atoms with Crippen LogP contribution < -0.4 is 0 Å². The molecule has 0 aliphatic heterocycles. The van der Waals surface area contributed by atoms with Gasteiger partial charge in [-0.25, -0.2) is 14.8 Å². The van der Waals surface area contributed by atoms with Crippen molar-refractivity contribution in [3.05, 3.63) is 58.5 Å². The molecule has 0 spiro atoms. The molecule has 0 atom stereocenters. The normalized spacial score (nSPS) is 10.8. The first-order valence-corrected chi connectivity index (χ1v) is 6.33. The summed E-state index contributed by atoms with van der Waals surface area (Å²) in [5.74, 6) is -0.375. The summed E-state index contributed by atoms with van der Waals surface area (Å²) in [4.78, 5) is 22.5. The van der Waals surface area contributed by atoms with Crippen LogP contribution in [-0.2, 0) is 6.42 Å². The van der Waals surface area contributed by atoms with Crippen molar-refractivity contribution in [2.24, 2.45) is 0 Å². The predicted octanol–water partition coefficient (Wildman–Crippen LogP) is 2.90. The number of fused-ring (bicyclic) bond motifs is 1. The van der Waals surface area contributed by atoms with Crippen LogP contribution in [0.15, 0.2) is 36.5 Å². The maximum absolute atomic E-state index is 11.1. The van der Waals surface area contributed by atoms with Gasteiger partial charge < -0.3 is 10.1 Å². The van der Waals surface area contributed by atoms with E-state index >= 15 is 0 Å². The molecule has 2 heterocycles. The Labute approximate surface area is 119 Å². The minimum absolute atomic E-state index is 0.160. The summed E-state index contributed by atoms with van der Waals surface area (Å²) in [7, 11) is 0. The van der Waals surface area contributed by atoms with E-state index in [-0.39, 0.29) is 5.56 Å². The van der Waals surface area contributed by atoms with Crippen LogP contribution in [0.25, 0.3) is 11.2 Å². The van der Waals surface area contributed by atoms with E-state index in [4.69, 9.17) is 16.7 Å². The second-order valence-electron chi connectivity index (χ2n) is 4.31. The number of carboxylic acid groups (broad SMARTS) is 1. The highest BCUT2D eigenvalue weighted by molar-refractivity contribution is 6.31. The number of hydrogen-bond donors (Lipinski definition) is 2. The molecule has 3 rings (SSSR count). The number of rotatable bonds is 3. The third-order valence-corrected chi connectivity index (χ3v) is 3.36. The van der Waals surface area contributed by atoms with E-state index in [9.17, 15) is 4.79 Å². The monoisotopic (exact) mass is 287 g/mol. The first-order valence-electron chi connectivity index (χ1n) is 5.95. The Morgan fingerprint density at radius 1 is 1.30 bits per heavy atom. The van der Waals surface area contributed by atoms with Crippen LogP contribution in [0.5, 0.6) is 0 Å². The van der Waals surface area contributed by atoms with Gasteiger partial charge in [-0.3, -0.25) is 0 Å². The highest BCUT2D eigenvalue weighted by Gasteiger charge is 2.13. The van der Waals surface area contributed by atoms with Crippen LogP contribution in [0.3, 0.4) is 0 Å². The maximum atomic E-state index is 11.1. The van der Waals surface area contributed by atoms with Crippen molar-refractivity contribution < 1.29 is 9.90 Å². The number of nitrogens with zero attached hydrogens (tertiary/aromatic N) is 2. The summed E-state index contributed by atoms with van der Waals surface area (Å²) in [5.41, 5.74) is 1.91. The van der Waals surface area contributed by atoms with Crippen LogP contribution in [-0.4, -0.2) is 26.0 Å². The van der Waals surface area contributed by atoms with Gasteiger partial charge in [-0.15, -0.1) is 0 Å². The van der Waals surface area contributed by atoms with Gasteiger partial charge in [0, 0.05) is 17.6 Å². The third kappa shape index (κ3) is 2.23. The van der Waals surface area contributed by atoms with Crippen LogP contribution >= 0.6 is 11.6 Å². The van der Waals surface area contributed by atoms with Crippen molar-refractivity contribution in [3.63, 3.8) is 0 Å². The summed E-state index contributed by atoms with van der Waals surface area (Å²) in [6.07, 6.45) is 1.93. The Bertz CT molecular complexity index is 798. The largest absolute Gasteiger partial charge is 0.478 e. The van der Waals surface area contributed by atoms with E-state index in [1.54, 1.807) is 6.07 Å². The number of carbonyl (C=O) groups is 1. The molecular weight excluding hydrogens is 278 g/mol. The zero-order chi connectivity index (χ0) is 14.1. The molecule has 20 heavy (non-hydrogen) atoms. The summed E-state index contributed by atoms with van der Waals surface area (Å²) < 4.78 is 0. The Hall–Kier alpha value is -2.40. The number of imidazole rings is 1. The van der Waals surface area contributed by atoms with Crippen LogP contribution in [0.4, 0.5) is 0 Å². The average molecular weight is 288 g/mol. The minimum atomic E-state index is -1.01. The van der Waals surface area contributed by atoms with Crippen LogP contribution in [0, 0.1) is 0 Å². The summed E-state index contributed by atoms with van der Waals surface area (Å²) in [6, 6.07) is 8.91. The lowest BCUT2D eigenvalue weighted by molar-refractivity contribution is 0.0698. The van der Waals surface area contributed by atoms with Crippen molar-refractivity contribution in [1.82, 2.24) is 15.0 Å². The van der Waals surface area contributed by atoms with Crippen molar-refractivity contribution >= 4 is 28.7 Å². The molecule has 6 heteroatoms. The van der Waals surface area contributed by atoms with Gasteiger partial charge in [0.1, 0.15) is 5.82 Å². The molecule has 0 amide bonds. The van der Waals surface area contributed by atoms with Gasteiger partial charge in [-0.1, -0.05) is 29.8 Å². The molecule has 0 aliphatic carbocycles. The first-order chi connectivity index (χ1) is 9.65. The molecule has 0 saturated carbocycles. The van der Waals surface area contributed by atoms with E-state index in [1.165, 1.54) is 12.3 Å². The number of nitrogens with one attached hydrogen (secondary N) is 1. The van der Waals surface area contributed by atoms with Gasteiger partial charge in [0.05, 0.1) is 11.1 Å². The Morgan fingerprint density at radius 3 is 2.85 bits per heavy atom. The molecule has 0 radical (unpaired) electrons. The maximum Gasteiger partial charge on any atom is 0.338 e. The quantitative estimate of drug-likeness (QED) is 0.776. The summed E-state index contributed by atoms with van der Waals surface area (Å²) >= 11 is 6.10. The highest BCUT2D eigenvalue weighted by Crippen LogP contribution is 2.20. The zero-order valence-corrected chi connectivity index (χ0v) is 11.1. The molecule has 1 aromatic carbocycles. The molecule has 5 nitrogen and oxygen atoms in total. The number of pyridine rings is 1. The van der Waals surface area contributed by atoms with Crippen LogP contribution in [0.2, 0.25) is 5.02 Å². The molecule has 0 aliphatic rings. The van der Waals surface area contributed by atoms with Gasteiger partial charge in [-0.2, -0.15) is 0 Å². The lowest BCUT2D eigenvalue weighted by Crippen LogP contribution is -1.98. The molecular formula is C14H10ClN3O2. The molecule has 2 aromatic heterocycles. The van der Waals surface area contributed by atoms with E-state index in [0.29, 0.717) is 28.4 Å². The average Bonchev–Trinajstić information content (AvgIpc) is 2.83. The topological polar surface area (TPSA) is 78.9 Å². The van der Waals surface area contributed by atoms with E-state index in [2.05, 4.69) is 15.0 Å². The molecule has 0 bridgehead atoms. The summed E-state index contributed by atoms with van der Waals surface area (Å²) in [5, 5.41) is 9.78. The molecule has 100 valence electrons. The minimum Gasteiger partial charge on any atom is -0.478 e. The molecule has 0 saturated heterocycles. The third-order valence-electron chi connectivity index (χ3n) is 2.99. The van der Waals surface area contributed by atoms with Gasteiger partial charge in [-0.05, 0) is 17.7 Å². The van der Waals surface area contributed by atoms with Crippen LogP contribution in [0.1, 0.15) is 21.7 Å². The number of hydrogen-bond acceptors (Lipinski definition) is 3. The van der Waals surface area contributed by atoms with Gasteiger partial charge in [0.25, 0.3) is 0 Å². The van der Waals surface area contributed by atoms with Gasteiger partial charge in [0.2, 0.25) is 0 Å². The second-order valence-corrected chi connectivity index (χ2v) is 4.72. The first kappa shape index (κ1) is 12.6. The smallest absolute Gasteiger partial charge is 0.338 e. The summed E-state index contributed by atoms with van der Waals surface area (Å²) in [6.45, 7) is 0. The van der Waals surface area contributed by atoms with Crippen molar-refractivity contribution in [1.29, 1.82) is 0 Å². The highest BCUT2D eigenvalue weighted by atomic mass is 35.5. The SMILES string of the molecule is O=C(O)c1ccnc2nc(Cc3ccccc3Cl)[nH]c12. The lowest BCUT2D eigenvalue weighted by atomic mass is 10.1. The predicted molar refractivity (Wildman–Crippen MR) is 75.1 cm³/mol. The fraction of sp³-hybridized carbons (Fsp3) is 0.0714. The van der Waals surface area contributed by atoms with E-state index < -0.39 is 5.97 Å². The number of aromatic amines is 1. The number of carboxylic acids is 1. The number of halogens is 1. The molecule has 3 aromatic rings. The van der Waals surface area contributed by atoms with E-state index in [1.807, 2.05) is 18.2 Å². The van der Waals surface area contributed by atoms with Gasteiger partial charge >= 0.3 is 5.97 Å². The molecule has 0 unspecified atom stereocenters. The fourth-order valence-electron chi connectivity index (χ4n) is 2.04. The lowest BCUT2D eigenvalue weighted by Gasteiger charge is -2.00. The number of benzene rings is 1. The van der Waals surface area contributed by atoms with E-state index in [0.717, 1.165) is 5.56 Å². The Balaban J connectivity index is 2.04. The molecule has 0 fully saturated rings. The standard InChI is InChI=1S/C14H10ClN3O2/c15-10-4-2-1-3-8(10)7-11-17-12-9(14(19)20)5-6-16-13(12)18-11/h1-6H,7H2,(H,19,20)(H,16,17,18). The fourth-order valence-corrected chi connectivity index (χ4v) is 2.25. The van der Waals surface area contributed by atoms with Crippen molar-refractivity contribution in [2.75, 3.05) is 0 Å². The van der Waals surface area contributed by atoms with Crippen molar-refractivity contribution in [3.8, 4) is 0 Å². The Morgan fingerprint density at radius 2 is 2.10 bits per heavy atom. The Kier molecular flexibility index (Phi) is 3.12. The van der Waals surface area contributed by atoms with Crippen molar-refractivity contribution in [2.45, 2.75) is 6.42 Å². The van der Waals surface area contributed by atoms with Gasteiger partial charge in [0.15, 0.2) is 5.65 Å².